The number of hydrogen-bond donors (Lipinski definition) is 0. The van der Waals surface area contributed by atoms with Gasteiger partial charge in [-0.25, -0.2) is 9.13 Å². The van der Waals surface area contributed by atoms with Crippen molar-refractivity contribution in [1.29, 1.82) is 0 Å². The highest BCUT2D eigenvalue weighted by Crippen LogP contribution is 2.00. The van der Waals surface area contributed by atoms with Gasteiger partial charge in [0, 0.05) is 0 Å². The van der Waals surface area contributed by atoms with E-state index in [0.29, 0.717) is 0 Å². The monoisotopic (exact) mass is 239 g/mol. The lowest BCUT2D eigenvalue weighted by Crippen LogP contribution is -2.35. The summed E-state index contributed by atoms with van der Waals surface area (Å²) in [6.45, 7) is 5.79. The highest BCUT2D eigenvalue weighted by atomic mass is 15.3. The van der Waals surface area contributed by atoms with Crippen LogP contribution in [0.4, 0.5) is 0 Å². The van der Waals surface area contributed by atoms with Crippen LogP contribution >= 0.6 is 0 Å². The van der Waals surface area contributed by atoms with Crippen molar-refractivity contribution < 1.29 is 9.05 Å². The highest BCUT2D eigenvalue weighted by Gasteiger charge is 2.06. The molecule has 0 aliphatic rings. The van der Waals surface area contributed by atoms with Crippen LogP contribution in [0.15, 0.2) is 18.7 Å². The van der Waals surface area contributed by atoms with Crippen LogP contribution in [0.1, 0.15) is 32.6 Å². The normalized spacial score (nSPS) is 12.0. The molecule has 0 aliphatic carbocycles. The van der Waals surface area contributed by atoms with Crippen molar-refractivity contribution in [1.82, 2.24) is 4.57 Å². The van der Waals surface area contributed by atoms with Crippen LogP contribution in [0.25, 0.3) is 0 Å². The minimum atomic E-state index is 1.08. The van der Waals surface area contributed by atoms with Crippen molar-refractivity contribution in [3.63, 3.8) is 0 Å². The molecule has 17 heavy (non-hydrogen) atoms. The van der Waals surface area contributed by atoms with Gasteiger partial charge < -0.3 is 4.48 Å². The van der Waals surface area contributed by atoms with Gasteiger partial charge in [0.05, 0.1) is 40.8 Å². The fraction of sp³-hybridized carbons (Fsp3) is 0.786. The van der Waals surface area contributed by atoms with Crippen molar-refractivity contribution in [2.24, 2.45) is 0 Å². The van der Waals surface area contributed by atoms with Crippen LogP contribution in [0.3, 0.4) is 0 Å². The van der Waals surface area contributed by atoms with E-state index in [1.54, 1.807) is 0 Å². The van der Waals surface area contributed by atoms with E-state index >= 15 is 0 Å². The summed E-state index contributed by atoms with van der Waals surface area (Å²) < 4.78 is 5.66. The topological polar surface area (TPSA) is 8.81 Å². The van der Waals surface area contributed by atoms with Crippen LogP contribution in [-0.4, -0.2) is 36.7 Å². The molecule has 0 aromatic carbocycles. The summed E-state index contributed by atoms with van der Waals surface area (Å²) in [4.78, 5) is 0. The van der Waals surface area contributed by atoms with Gasteiger partial charge in [-0.15, -0.1) is 0 Å². The zero-order valence-electron chi connectivity index (χ0n) is 12.0. The third-order valence-electron chi connectivity index (χ3n) is 2.97. The molecule has 0 fully saturated rings. The van der Waals surface area contributed by atoms with Crippen LogP contribution in [-0.2, 0) is 13.1 Å². The van der Waals surface area contributed by atoms with E-state index in [4.69, 9.17) is 0 Å². The number of rotatable bonds is 8. The van der Waals surface area contributed by atoms with Gasteiger partial charge in [0.15, 0.2) is 0 Å². The quantitative estimate of drug-likeness (QED) is 0.373. The van der Waals surface area contributed by atoms with Gasteiger partial charge in [-0.2, -0.15) is 0 Å². The lowest BCUT2D eigenvalue weighted by atomic mass is 10.2. The average molecular weight is 239 g/mol. The molecule has 0 saturated carbocycles. The Morgan fingerprint density at radius 3 is 2.53 bits per heavy atom. The number of imidazole rings is 1. The molecule has 0 unspecified atom stereocenters. The number of unbranched alkanes of at least 4 members (excludes halogenated alkanes) is 2. The third kappa shape index (κ3) is 6.47. The summed E-state index contributed by atoms with van der Waals surface area (Å²) in [5.41, 5.74) is 0. The second-order valence-electron chi connectivity index (χ2n) is 5.96. The Morgan fingerprint density at radius 1 is 1.12 bits per heavy atom. The van der Waals surface area contributed by atoms with Crippen LogP contribution in [0.5, 0.6) is 0 Å². The van der Waals surface area contributed by atoms with Crippen LogP contribution < -0.4 is 4.57 Å². The maximum atomic E-state index is 2.31. The molecule has 1 aromatic heterocycles. The highest BCUT2D eigenvalue weighted by molar-refractivity contribution is 4.65. The van der Waals surface area contributed by atoms with Crippen molar-refractivity contribution >= 4 is 0 Å². The zero-order valence-corrected chi connectivity index (χ0v) is 12.0. The van der Waals surface area contributed by atoms with Crippen molar-refractivity contribution in [3.05, 3.63) is 18.7 Å². The molecule has 1 heterocycles. The van der Waals surface area contributed by atoms with E-state index in [-0.39, 0.29) is 0 Å². The second kappa shape index (κ2) is 6.80. The van der Waals surface area contributed by atoms with Gasteiger partial charge >= 0.3 is 0 Å². The Morgan fingerprint density at radius 2 is 1.88 bits per heavy atom. The number of nitrogens with zero attached hydrogens (tertiary/aromatic N) is 3. The molecule has 0 atom stereocenters. The van der Waals surface area contributed by atoms with Gasteiger partial charge in [0.1, 0.15) is 12.4 Å². The Hall–Kier alpha value is -0.830. The molecule has 98 valence electrons. The van der Waals surface area contributed by atoms with E-state index in [0.717, 1.165) is 17.6 Å². The number of hydrogen-bond acceptors (Lipinski definition) is 0. The molecule has 0 radical (unpaired) electrons. The third-order valence-corrected chi connectivity index (χ3v) is 2.97. The van der Waals surface area contributed by atoms with Gasteiger partial charge in [0.2, 0.25) is 6.33 Å². The summed E-state index contributed by atoms with van der Waals surface area (Å²) in [5, 5.41) is 0. The molecule has 0 N–H and O–H groups in total. The summed E-state index contributed by atoms with van der Waals surface area (Å²) in [6, 6.07) is 0. The fourth-order valence-corrected chi connectivity index (χ4v) is 2.02. The number of aryl methyl sites for hydroxylation is 2. The molecular formula is C14H29N3+2. The Labute approximate surface area is 106 Å². The molecule has 0 aliphatic heterocycles. The standard InChI is InChI=1S/C14H29N3/c1-5-9-15-11-12-16(14-15)10-7-6-8-13-17(2,3)4/h11-12,14H,5-10,13H2,1-4H3/q+2. The van der Waals surface area contributed by atoms with Crippen molar-refractivity contribution in [2.75, 3.05) is 27.7 Å². The lowest BCUT2D eigenvalue weighted by molar-refractivity contribution is -0.870. The molecule has 1 aromatic rings. The number of quaternary nitrogens is 1. The lowest BCUT2D eigenvalue weighted by Gasteiger charge is -2.23. The van der Waals surface area contributed by atoms with E-state index < -0.39 is 0 Å². The predicted molar refractivity (Wildman–Crippen MR) is 71.7 cm³/mol. The summed E-state index contributed by atoms with van der Waals surface area (Å²) in [5.74, 6) is 0. The summed E-state index contributed by atoms with van der Waals surface area (Å²) in [7, 11) is 6.79. The Balaban J connectivity index is 2.13. The van der Waals surface area contributed by atoms with Gasteiger partial charge in [-0.05, 0) is 25.7 Å². The van der Waals surface area contributed by atoms with E-state index in [1.165, 1.54) is 32.2 Å². The Bertz CT molecular complexity index is 310. The van der Waals surface area contributed by atoms with E-state index in [1.807, 2.05) is 0 Å². The first-order valence-corrected chi connectivity index (χ1v) is 6.86. The maximum absolute atomic E-state index is 2.31. The molecule has 3 nitrogen and oxygen atoms in total. The summed E-state index contributed by atoms with van der Waals surface area (Å²) >= 11 is 0. The van der Waals surface area contributed by atoms with Gasteiger partial charge in [-0.3, -0.25) is 0 Å². The fourth-order valence-electron chi connectivity index (χ4n) is 2.02. The molecule has 0 bridgehead atoms. The molecule has 3 heteroatoms. The average Bonchev–Trinajstić information content (AvgIpc) is 2.64. The van der Waals surface area contributed by atoms with Gasteiger partial charge in [-0.1, -0.05) is 6.92 Å². The van der Waals surface area contributed by atoms with Crippen molar-refractivity contribution in [3.8, 4) is 0 Å². The number of aromatic nitrogens is 2. The first kappa shape index (κ1) is 14.2. The first-order valence-electron chi connectivity index (χ1n) is 6.86. The molecular weight excluding hydrogens is 210 g/mol. The predicted octanol–water partition coefficient (Wildman–Crippen LogP) is 2.06. The van der Waals surface area contributed by atoms with Crippen LogP contribution in [0, 0.1) is 0 Å². The second-order valence-corrected chi connectivity index (χ2v) is 5.96. The Kier molecular flexibility index (Phi) is 5.69. The molecule has 0 amide bonds. The summed E-state index contributed by atoms with van der Waals surface area (Å²) in [6.07, 6.45) is 11.8. The molecule has 0 saturated heterocycles. The maximum Gasteiger partial charge on any atom is 0.243 e. The largest absolute Gasteiger partial charge is 0.331 e. The molecule has 1 rings (SSSR count). The minimum Gasteiger partial charge on any atom is -0.331 e. The smallest absolute Gasteiger partial charge is 0.243 e. The zero-order chi connectivity index (χ0) is 12.7. The van der Waals surface area contributed by atoms with Gasteiger partial charge in [0.25, 0.3) is 0 Å². The van der Waals surface area contributed by atoms with Crippen LogP contribution in [0.2, 0.25) is 0 Å². The molecule has 0 spiro atoms. The minimum absolute atomic E-state index is 1.08. The van der Waals surface area contributed by atoms with Crippen molar-refractivity contribution in [2.45, 2.75) is 45.7 Å². The van der Waals surface area contributed by atoms with E-state index in [9.17, 15) is 0 Å². The SMILES string of the molecule is CCCn1cc[n+](CCCCC[N+](C)(C)C)c1. The van der Waals surface area contributed by atoms with E-state index in [2.05, 4.69) is 55.9 Å². The first-order chi connectivity index (χ1) is 8.01.